The first-order chi connectivity index (χ1) is 13.9. The molecular weight excluding hydrogens is 398 g/mol. The zero-order chi connectivity index (χ0) is 21.3. The summed E-state index contributed by atoms with van der Waals surface area (Å²) in [5.74, 6) is -0.265. The van der Waals surface area contributed by atoms with Crippen LogP contribution in [0.2, 0.25) is 0 Å². The molecule has 0 saturated heterocycles. The average molecular weight is 430 g/mol. The van der Waals surface area contributed by atoms with Crippen LogP contribution in [0.15, 0.2) is 15.6 Å². The first kappa shape index (κ1) is 23.3. The van der Waals surface area contributed by atoms with Crippen molar-refractivity contribution in [1.29, 1.82) is 0 Å². The van der Waals surface area contributed by atoms with Gasteiger partial charge in [-0.3, -0.25) is 4.79 Å². The Hall–Kier alpha value is -1.98. The van der Waals surface area contributed by atoms with Crippen LogP contribution in [-0.4, -0.2) is 36.2 Å². The number of nitrogens with two attached hydrogens (primary N) is 2. The second kappa shape index (κ2) is 11.3. The monoisotopic (exact) mass is 429 g/mol. The molecule has 1 heterocycles. The fraction of sp³-hybridized carbons (Fsp3) is 0.722. The number of sulfonamides is 1. The van der Waals surface area contributed by atoms with E-state index in [1.165, 1.54) is 32.1 Å². The highest BCUT2D eigenvalue weighted by Gasteiger charge is 2.24. The first-order valence-corrected chi connectivity index (χ1v) is 11.5. The van der Waals surface area contributed by atoms with E-state index >= 15 is 0 Å². The van der Waals surface area contributed by atoms with Crippen LogP contribution in [0.3, 0.4) is 0 Å². The lowest BCUT2D eigenvalue weighted by Gasteiger charge is -2.21. The Kier molecular flexibility index (Phi) is 9.05. The quantitative estimate of drug-likeness (QED) is 0.384. The van der Waals surface area contributed by atoms with Crippen molar-refractivity contribution >= 4 is 16.0 Å². The third-order valence-corrected chi connectivity index (χ3v) is 6.81. The zero-order valence-electron chi connectivity index (χ0n) is 16.5. The van der Waals surface area contributed by atoms with Gasteiger partial charge in [0.25, 0.3) is 0 Å². The summed E-state index contributed by atoms with van der Waals surface area (Å²) in [5, 5.41) is 13.0. The smallest absolute Gasteiger partial charge is 0.304 e. The number of hydrogen-bond donors (Lipinski definition) is 4. The standard InChI is InChI=1S/C18H31N5O5S/c19-10-15(11-20)29(26,27)21-12-16-22-18(28-23-16)14(9-17(24)25)8-4-7-13-5-2-1-3-6-13/h10,13-14,21H,1-9,11-12,19-20H2,(H,24,25). The van der Waals surface area contributed by atoms with Gasteiger partial charge in [0.1, 0.15) is 0 Å². The summed E-state index contributed by atoms with van der Waals surface area (Å²) in [4.78, 5) is 15.3. The molecular formula is C18H31N5O5S. The molecule has 2 rings (SSSR count). The number of rotatable bonds is 12. The van der Waals surface area contributed by atoms with Gasteiger partial charge in [-0.15, -0.1) is 0 Å². The van der Waals surface area contributed by atoms with Gasteiger partial charge in [-0.1, -0.05) is 50.1 Å². The summed E-state index contributed by atoms with van der Waals surface area (Å²) in [6, 6.07) is 0. The summed E-state index contributed by atoms with van der Waals surface area (Å²) < 4.78 is 31.6. The SMILES string of the molecule is NC=C(CN)S(=O)(=O)NCc1noc(C(CCCC2CCCCC2)CC(=O)O)n1. The maximum atomic E-state index is 12.0. The van der Waals surface area contributed by atoms with E-state index in [1.807, 2.05) is 0 Å². The van der Waals surface area contributed by atoms with Crippen molar-refractivity contribution in [2.75, 3.05) is 6.54 Å². The highest BCUT2D eigenvalue weighted by Crippen LogP contribution is 2.31. The molecule has 11 heteroatoms. The second-order valence-corrected chi connectivity index (χ2v) is 9.26. The molecule has 1 aromatic heterocycles. The first-order valence-electron chi connectivity index (χ1n) is 10.0. The van der Waals surface area contributed by atoms with Crippen molar-refractivity contribution in [3.63, 3.8) is 0 Å². The number of aliphatic carboxylic acids is 1. The molecule has 1 aromatic rings. The van der Waals surface area contributed by atoms with Gasteiger partial charge in [0.05, 0.1) is 17.9 Å². The molecule has 0 spiro atoms. The molecule has 10 nitrogen and oxygen atoms in total. The van der Waals surface area contributed by atoms with Crippen molar-refractivity contribution < 1.29 is 22.8 Å². The lowest BCUT2D eigenvalue weighted by Crippen LogP contribution is -2.29. The Morgan fingerprint density at radius 2 is 2.07 bits per heavy atom. The van der Waals surface area contributed by atoms with E-state index in [-0.39, 0.29) is 36.1 Å². The largest absolute Gasteiger partial charge is 0.481 e. The molecule has 1 unspecified atom stereocenters. The topological polar surface area (TPSA) is 174 Å². The molecule has 1 fully saturated rings. The number of carbonyl (C=O) groups is 1. The van der Waals surface area contributed by atoms with Gasteiger partial charge in [0.15, 0.2) is 5.82 Å². The Morgan fingerprint density at radius 1 is 1.34 bits per heavy atom. The van der Waals surface area contributed by atoms with E-state index in [1.54, 1.807) is 0 Å². The predicted octanol–water partition coefficient (Wildman–Crippen LogP) is 1.56. The van der Waals surface area contributed by atoms with E-state index in [0.29, 0.717) is 12.3 Å². The van der Waals surface area contributed by atoms with E-state index in [2.05, 4.69) is 14.9 Å². The normalized spacial score (nSPS) is 17.3. The number of aromatic nitrogens is 2. The molecule has 1 saturated carbocycles. The molecule has 29 heavy (non-hydrogen) atoms. The van der Waals surface area contributed by atoms with Crippen LogP contribution >= 0.6 is 0 Å². The molecule has 0 amide bonds. The van der Waals surface area contributed by atoms with Crippen molar-refractivity contribution in [2.45, 2.75) is 70.3 Å². The summed E-state index contributed by atoms with van der Waals surface area (Å²) in [5.41, 5.74) is 10.6. The Morgan fingerprint density at radius 3 is 2.69 bits per heavy atom. The minimum Gasteiger partial charge on any atom is -0.481 e. The molecule has 0 aliphatic heterocycles. The summed E-state index contributed by atoms with van der Waals surface area (Å²) in [6.45, 7) is -0.434. The lowest BCUT2D eigenvalue weighted by atomic mass is 9.84. The third kappa shape index (κ3) is 7.41. The molecule has 0 radical (unpaired) electrons. The maximum absolute atomic E-state index is 12.0. The number of carboxylic acid groups (broad SMARTS) is 1. The molecule has 0 bridgehead atoms. The fourth-order valence-electron chi connectivity index (χ4n) is 3.68. The minimum absolute atomic E-state index is 0.106. The molecule has 164 valence electrons. The molecule has 1 aliphatic carbocycles. The summed E-state index contributed by atoms with van der Waals surface area (Å²) >= 11 is 0. The molecule has 1 aliphatic rings. The minimum atomic E-state index is -3.83. The lowest BCUT2D eigenvalue weighted by molar-refractivity contribution is -0.137. The van der Waals surface area contributed by atoms with E-state index in [9.17, 15) is 18.3 Å². The second-order valence-electron chi connectivity index (χ2n) is 7.44. The van der Waals surface area contributed by atoms with Gasteiger partial charge >= 0.3 is 5.97 Å². The van der Waals surface area contributed by atoms with Crippen molar-refractivity contribution in [1.82, 2.24) is 14.9 Å². The summed E-state index contributed by atoms with van der Waals surface area (Å²) in [7, 11) is -3.83. The highest BCUT2D eigenvalue weighted by atomic mass is 32.2. The van der Waals surface area contributed by atoms with Crippen molar-refractivity contribution in [3.8, 4) is 0 Å². The summed E-state index contributed by atoms with van der Waals surface area (Å²) in [6.07, 6.45) is 9.79. The van der Waals surface area contributed by atoms with Crippen molar-refractivity contribution in [3.05, 3.63) is 22.8 Å². The average Bonchev–Trinajstić information content (AvgIpc) is 3.16. The van der Waals surface area contributed by atoms with E-state index < -0.39 is 21.9 Å². The Labute approximate surface area is 171 Å². The van der Waals surface area contributed by atoms with Gasteiger partial charge in [-0.25, -0.2) is 13.1 Å². The highest BCUT2D eigenvalue weighted by molar-refractivity contribution is 7.93. The van der Waals surface area contributed by atoms with Crippen LogP contribution in [-0.2, 0) is 21.4 Å². The fourth-order valence-corrected chi connectivity index (χ4v) is 4.58. The van der Waals surface area contributed by atoms with Gasteiger partial charge in [-0.05, 0) is 12.3 Å². The predicted molar refractivity (Wildman–Crippen MR) is 107 cm³/mol. The van der Waals surface area contributed by atoms with Crippen LogP contribution in [0, 0.1) is 5.92 Å². The Balaban J connectivity index is 1.94. The van der Waals surface area contributed by atoms with Crippen LogP contribution < -0.4 is 16.2 Å². The van der Waals surface area contributed by atoms with Gasteiger partial charge in [-0.2, -0.15) is 4.98 Å². The van der Waals surface area contributed by atoms with Gasteiger partial charge < -0.3 is 21.1 Å². The molecule has 0 aromatic carbocycles. The maximum Gasteiger partial charge on any atom is 0.304 e. The van der Waals surface area contributed by atoms with Crippen molar-refractivity contribution in [2.24, 2.45) is 17.4 Å². The van der Waals surface area contributed by atoms with Crippen LogP contribution in [0.25, 0.3) is 0 Å². The third-order valence-electron chi connectivity index (χ3n) is 5.30. The number of nitrogens with one attached hydrogen (secondary N) is 1. The number of carboxylic acids is 1. The van der Waals surface area contributed by atoms with Crippen LogP contribution in [0.5, 0.6) is 0 Å². The van der Waals surface area contributed by atoms with Gasteiger partial charge in [0.2, 0.25) is 15.9 Å². The van der Waals surface area contributed by atoms with Crippen LogP contribution in [0.4, 0.5) is 0 Å². The van der Waals surface area contributed by atoms with Crippen LogP contribution in [0.1, 0.15) is 75.4 Å². The molecule has 1 atom stereocenters. The zero-order valence-corrected chi connectivity index (χ0v) is 17.4. The number of nitrogens with zero attached hydrogens (tertiary/aromatic N) is 2. The molecule has 6 N–H and O–H groups in total. The van der Waals surface area contributed by atoms with E-state index in [0.717, 1.165) is 19.0 Å². The number of hydrogen-bond acceptors (Lipinski definition) is 8. The van der Waals surface area contributed by atoms with Gasteiger partial charge in [0, 0.05) is 18.7 Å². The Bertz CT molecular complexity index is 786. The van der Waals surface area contributed by atoms with E-state index in [4.69, 9.17) is 16.0 Å².